The van der Waals surface area contributed by atoms with Crippen molar-refractivity contribution in [3.63, 3.8) is 0 Å². The predicted molar refractivity (Wildman–Crippen MR) is 92.2 cm³/mol. The molecule has 3 heteroatoms. The molecule has 1 N–H and O–H groups in total. The molecule has 0 spiro atoms. The van der Waals surface area contributed by atoms with Gasteiger partial charge in [0.15, 0.2) is 0 Å². The molecule has 0 radical (unpaired) electrons. The molecule has 0 aromatic heterocycles. The van der Waals surface area contributed by atoms with Gasteiger partial charge >= 0.3 is 0 Å². The molecule has 4 aliphatic rings. The zero-order valence-electron chi connectivity index (χ0n) is 15.4. The number of halogens is 1. The maximum absolute atomic E-state index is 14.7. The lowest BCUT2D eigenvalue weighted by Crippen LogP contribution is -2.51. The summed E-state index contributed by atoms with van der Waals surface area (Å²) in [5, 5.41) is 10.4. The van der Waals surface area contributed by atoms with Gasteiger partial charge in [0.2, 0.25) is 0 Å². The molecule has 24 heavy (non-hydrogen) atoms. The second kappa shape index (κ2) is 5.53. The number of hydrogen-bond acceptors (Lipinski definition) is 2. The van der Waals surface area contributed by atoms with Crippen LogP contribution < -0.4 is 0 Å². The van der Waals surface area contributed by atoms with E-state index in [1.54, 1.807) is 6.92 Å². The fourth-order valence-corrected chi connectivity index (χ4v) is 7.77. The number of rotatable bonds is 1. The van der Waals surface area contributed by atoms with Crippen molar-refractivity contribution in [1.82, 2.24) is 0 Å². The van der Waals surface area contributed by atoms with Gasteiger partial charge in [0, 0.05) is 0 Å². The SMILES string of the molecule is CC(=O)[C@H]1[C@H](F)C[C@H]2[C@@H]3CC[C@@H]4C[C@](C)(O)CC[C@@H]4[C@H]3CC[C@@]21C. The maximum Gasteiger partial charge on any atom is 0.136 e. The third-order valence-corrected chi connectivity index (χ3v) is 8.66. The van der Waals surface area contributed by atoms with Crippen LogP contribution in [-0.4, -0.2) is 22.7 Å². The summed E-state index contributed by atoms with van der Waals surface area (Å²) in [7, 11) is 0. The first-order chi connectivity index (χ1) is 11.2. The number of Topliss-reactive ketones (excluding diaryl/α,β-unsaturated/α-hetero) is 1. The van der Waals surface area contributed by atoms with Crippen molar-refractivity contribution >= 4 is 5.78 Å². The smallest absolute Gasteiger partial charge is 0.136 e. The Kier molecular flexibility index (Phi) is 3.91. The lowest BCUT2D eigenvalue weighted by Gasteiger charge is -2.56. The molecular formula is C21H33FO2. The van der Waals surface area contributed by atoms with Gasteiger partial charge in [-0.25, -0.2) is 4.39 Å². The van der Waals surface area contributed by atoms with Gasteiger partial charge in [0.1, 0.15) is 12.0 Å². The van der Waals surface area contributed by atoms with E-state index in [1.807, 2.05) is 6.92 Å². The summed E-state index contributed by atoms with van der Waals surface area (Å²) in [6.45, 7) is 5.80. The summed E-state index contributed by atoms with van der Waals surface area (Å²) < 4.78 is 14.7. The highest BCUT2D eigenvalue weighted by atomic mass is 19.1. The van der Waals surface area contributed by atoms with Gasteiger partial charge in [0.05, 0.1) is 11.5 Å². The second-order valence-corrected chi connectivity index (χ2v) is 10.1. The van der Waals surface area contributed by atoms with Crippen LogP contribution in [0.5, 0.6) is 0 Å². The van der Waals surface area contributed by atoms with E-state index in [9.17, 15) is 14.3 Å². The molecule has 4 saturated carbocycles. The Morgan fingerprint density at radius 2 is 1.75 bits per heavy atom. The minimum atomic E-state index is -0.930. The predicted octanol–water partition coefficient (Wildman–Crippen LogP) is 4.54. The highest BCUT2D eigenvalue weighted by molar-refractivity contribution is 5.80. The Morgan fingerprint density at radius 3 is 2.46 bits per heavy atom. The van der Waals surface area contributed by atoms with Gasteiger partial charge in [-0.15, -0.1) is 0 Å². The zero-order chi connectivity index (χ0) is 17.3. The molecular weight excluding hydrogens is 303 g/mol. The third kappa shape index (κ3) is 2.40. The second-order valence-electron chi connectivity index (χ2n) is 10.1. The summed E-state index contributed by atoms with van der Waals surface area (Å²) in [5.74, 6) is 2.78. The molecule has 0 aliphatic heterocycles. The summed E-state index contributed by atoms with van der Waals surface area (Å²) in [4.78, 5) is 12.1. The van der Waals surface area contributed by atoms with Crippen molar-refractivity contribution in [1.29, 1.82) is 0 Å². The van der Waals surface area contributed by atoms with Crippen molar-refractivity contribution in [2.24, 2.45) is 40.9 Å². The van der Waals surface area contributed by atoms with E-state index in [-0.39, 0.29) is 17.1 Å². The van der Waals surface area contributed by atoms with E-state index in [0.717, 1.165) is 38.0 Å². The van der Waals surface area contributed by atoms with Gasteiger partial charge in [-0.3, -0.25) is 4.79 Å². The zero-order valence-corrected chi connectivity index (χ0v) is 15.4. The molecule has 0 unspecified atom stereocenters. The summed E-state index contributed by atoms with van der Waals surface area (Å²) >= 11 is 0. The van der Waals surface area contributed by atoms with Crippen LogP contribution in [0.2, 0.25) is 0 Å². The Hall–Kier alpha value is -0.440. The molecule has 4 aliphatic carbocycles. The Balaban J connectivity index is 1.58. The van der Waals surface area contributed by atoms with Crippen LogP contribution in [0.3, 0.4) is 0 Å². The average Bonchev–Trinajstić information content (AvgIpc) is 2.76. The first-order valence-electron chi connectivity index (χ1n) is 10.1. The molecule has 0 aromatic carbocycles. The van der Waals surface area contributed by atoms with Gasteiger partial charge in [-0.05, 0) is 100 Å². The van der Waals surface area contributed by atoms with Crippen LogP contribution in [0.1, 0.15) is 72.1 Å². The lowest BCUT2D eigenvalue weighted by molar-refractivity contribution is -0.131. The van der Waals surface area contributed by atoms with E-state index >= 15 is 0 Å². The summed E-state index contributed by atoms with van der Waals surface area (Å²) in [5.41, 5.74) is -0.590. The highest BCUT2D eigenvalue weighted by Crippen LogP contribution is 2.65. The topological polar surface area (TPSA) is 37.3 Å². The number of alkyl halides is 1. The van der Waals surface area contributed by atoms with Crippen LogP contribution in [-0.2, 0) is 4.79 Å². The Morgan fingerprint density at radius 1 is 1.04 bits per heavy atom. The molecule has 0 bridgehead atoms. The average molecular weight is 336 g/mol. The van der Waals surface area contributed by atoms with Crippen molar-refractivity contribution in [3.8, 4) is 0 Å². The number of hydrogen-bond donors (Lipinski definition) is 1. The van der Waals surface area contributed by atoms with Crippen LogP contribution in [0.15, 0.2) is 0 Å². The molecule has 0 amide bonds. The fraction of sp³-hybridized carbons (Fsp3) is 0.952. The molecule has 4 rings (SSSR count). The summed E-state index contributed by atoms with van der Waals surface area (Å²) in [6.07, 6.45) is 7.23. The van der Waals surface area contributed by atoms with E-state index in [0.29, 0.717) is 30.1 Å². The molecule has 136 valence electrons. The quantitative estimate of drug-likeness (QED) is 0.763. The highest BCUT2D eigenvalue weighted by Gasteiger charge is 2.61. The number of fused-ring (bicyclic) bond motifs is 5. The van der Waals surface area contributed by atoms with Crippen molar-refractivity contribution in [2.75, 3.05) is 0 Å². The summed E-state index contributed by atoms with van der Waals surface area (Å²) in [6, 6.07) is 0. The number of aliphatic hydroxyl groups is 1. The van der Waals surface area contributed by atoms with Gasteiger partial charge in [0.25, 0.3) is 0 Å². The van der Waals surface area contributed by atoms with E-state index in [1.165, 1.54) is 12.8 Å². The monoisotopic (exact) mass is 336 g/mol. The van der Waals surface area contributed by atoms with Crippen LogP contribution >= 0.6 is 0 Å². The normalized spacial score (nSPS) is 57.0. The Bertz CT molecular complexity index is 530. The van der Waals surface area contributed by atoms with Gasteiger partial charge < -0.3 is 5.11 Å². The lowest BCUT2D eigenvalue weighted by atomic mass is 9.49. The number of carbonyl (C=O) groups is 1. The van der Waals surface area contributed by atoms with Crippen LogP contribution in [0.25, 0.3) is 0 Å². The van der Waals surface area contributed by atoms with E-state index in [2.05, 4.69) is 6.92 Å². The fourth-order valence-electron chi connectivity index (χ4n) is 7.77. The van der Waals surface area contributed by atoms with Gasteiger partial charge in [-0.1, -0.05) is 6.92 Å². The number of ketones is 1. The van der Waals surface area contributed by atoms with Crippen LogP contribution in [0, 0.1) is 40.9 Å². The molecule has 0 heterocycles. The molecule has 9 atom stereocenters. The molecule has 4 fully saturated rings. The minimum absolute atomic E-state index is 0.0633. The molecule has 0 saturated heterocycles. The van der Waals surface area contributed by atoms with Crippen LogP contribution in [0.4, 0.5) is 4.39 Å². The molecule has 2 nitrogen and oxygen atoms in total. The first kappa shape index (κ1) is 17.0. The van der Waals surface area contributed by atoms with Crippen molar-refractivity contribution in [3.05, 3.63) is 0 Å². The Labute approximate surface area is 145 Å². The minimum Gasteiger partial charge on any atom is -0.390 e. The van der Waals surface area contributed by atoms with Crippen molar-refractivity contribution in [2.45, 2.75) is 83.9 Å². The first-order valence-corrected chi connectivity index (χ1v) is 10.1. The largest absolute Gasteiger partial charge is 0.390 e. The van der Waals surface area contributed by atoms with Crippen molar-refractivity contribution < 1.29 is 14.3 Å². The molecule has 0 aromatic rings. The van der Waals surface area contributed by atoms with Gasteiger partial charge in [-0.2, -0.15) is 0 Å². The number of carbonyl (C=O) groups excluding carboxylic acids is 1. The maximum atomic E-state index is 14.7. The standard InChI is InChI=1S/C21H33FO2/c1-12(23)19-18(22)10-17-16-5-4-13-11-20(2,24)8-6-14(13)15(16)7-9-21(17,19)3/h13-19,24H,4-11H2,1-3H3/t13-,14+,15-,16-,17+,18-,19+,20-,21+/m1/s1. The third-order valence-electron chi connectivity index (χ3n) is 8.66. The van der Waals surface area contributed by atoms with E-state index < -0.39 is 11.8 Å². The van der Waals surface area contributed by atoms with E-state index in [4.69, 9.17) is 0 Å².